The molecule has 2 rings (SSSR count). The third-order valence-electron chi connectivity index (χ3n) is 3.75. The van der Waals surface area contributed by atoms with Gasteiger partial charge >= 0.3 is 0 Å². The van der Waals surface area contributed by atoms with Crippen LogP contribution in [0, 0.1) is 11.8 Å². The van der Waals surface area contributed by atoms with Gasteiger partial charge in [0.15, 0.2) is 0 Å². The number of nitrogens with one attached hydrogen (secondary N) is 1. The molecule has 0 saturated carbocycles. The smallest absolute Gasteiger partial charge is 0.274 e. The summed E-state index contributed by atoms with van der Waals surface area (Å²) >= 11 is 0. The number of nitrogens with zero attached hydrogens (tertiary/aromatic N) is 2. The monoisotopic (exact) mass is 328 g/mol. The molecule has 2 heterocycles. The molecule has 22 heavy (non-hydrogen) atoms. The van der Waals surface area contributed by atoms with Crippen molar-refractivity contribution in [2.75, 3.05) is 18.8 Å². The van der Waals surface area contributed by atoms with E-state index in [1.54, 1.807) is 11.0 Å². The number of likely N-dealkylation sites (tertiary alicyclic amines) is 1. The third-order valence-corrected chi connectivity index (χ3v) is 4.69. The zero-order valence-corrected chi connectivity index (χ0v) is 13.9. The molecule has 1 saturated heterocycles. The molecular weight excluding hydrogens is 304 g/mol. The summed E-state index contributed by atoms with van der Waals surface area (Å²) in [5.74, 6) is 0.167. The molecule has 124 valence electrons. The van der Waals surface area contributed by atoms with E-state index in [1.165, 1.54) is 0 Å². The summed E-state index contributed by atoms with van der Waals surface area (Å²) < 4.78 is 22.4. The molecule has 1 unspecified atom stereocenters. The van der Waals surface area contributed by atoms with Gasteiger partial charge in [-0.1, -0.05) is 13.8 Å². The van der Waals surface area contributed by atoms with Crippen LogP contribution in [0.2, 0.25) is 0 Å². The molecule has 7 nitrogen and oxygen atoms in total. The number of carbonyl (C=O) groups excluding carboxylic acids is 1. The Morgan fingerprint density at radius 1 is 1.55 bits per heavy atom. The van der Waals surface area contributed by atoms with Gasteiger partial charge in [-0.05, 0) is 37.2 Å². The molecule has 1 fully saturated rings. The molecule has 0 aromatic carbocycles. The number of nitrogens with two attached hydrogens (primary N) is 1. The SMILES string of the molecule is CC(C)Cc1cc(C(=O)N2CCCC(CS(N)(=O)=O)C2)n[nH]1. The van der Waals surface area contributed by atoms with Gasteiger partial charge in [-0.3, -0.25) is 9.89 Å². The van der Waals surface area contributed by atoms with Gasteiger partial charge in [0.25, 0.3) is 5.91 Å². The Hall–Kier alpha value is -1.41. The van der Waals surface area contributed by atoms with E-state index in [0.29, 0.717) is 24.7 Å². The van der Waals surface area contributed by atoms with E-state index in [-0.39, 0.29) is 17.6 Å². The van der Waals surface area contributed by atoms with E-state index >= 15 is 0 Å². The maximum atomic E-state index is 12.5. The molecule has 8 heteroatoms. The van der Waals surface area contributed by atoms with Crippen molar-refractivity contribution in [3.63, 3.8) is 0 Å². The van der Waals surface area contributed by atoms with Crippen LogP contribution in [0.15, 0.2) is 6.07 Å². The second-order valence-corrected chi connectivity index (χ2v) is 8.12. The minimum absolute atomic E-state index is 0.0735. The van der Waals surface area contributed by atoms with Crippen molar-refractivity contribution in [2.24, 2.45) is 17.0 Å². The molecule has 1 aromatic rings. The van der Waals surface area contributed by atoms with E-state index in [4.69, 9.17) is 5.14 Å². The van der Waals surface area contributed by atoms with Gasteiger partial charge in [0.2, 0.25) is 10.0 Å². The summed E-state index contributed by atoms with van der Waals surface area (Å²) in [5, 5.41) is 12.1. The van der Waals surface area contributed by atoms with Gasteiger partial charge in [0, 0.05) is 18.8 Å². The normalized spacial score (nSPS) is 19.6. The predicted octanol–water partition coefficient (Wildman–Crippen LogP) is 0.749. The Morgan fingerprint density at radius 3 is 2.91 bits per heavy atom. The van der Waals surface area contributed by atoms with Crippen LogP contribution in [0.25, 0.3) is 0 Å². The van der Waals surface area contributed by atoms with Crippen LogP contribution in [0.4, 0.5) is 0 Å². The first-order valence-corrected chi connectivity index (χ1v) is 9.30. The molecule has 3 N–H and O–H groups in total. The number of primary sulfonamides is 1. The van der Waals surface area contributed by atoms with E-state index in [2.05, 4.69) is 24.0 Å². The topological polar surface area (TPSA) is 109 Å². The van der Waals surface area contributed by atoms with E-state index in [9.17, 15) is 13.2 Å². The number of hydrogen-bond acceptors (Lipinski definition) is 4. The predicted molar refractivity (Wildman–Crippen MR) is 83.7 cm³/mol. The zero-order valence-electron chi connectivity index (χ0n) is 13.1. The summed E-state index contributed by atoms with van der Waals surface area (Å²) in [6, 6.07) is 1.78. The van der Waals surface area contributed by atoms with Crippen molar-refractivity contribution in [1.29, 1.82) is 0 Å². The number of rotatable bonds is 5. The summed E-state index contributed by atoms with van der Waals surface area (Å²) in [4.78, 5) is 14.1. The summed E-state index contributed by atoms with van der Waals surface area (Å²) in [6.07, 6.45) is 2.41. The number of sulfonamides is 1. The minimum atomic E-state index is -3.51. The highest BCUT2D eigenvalue weighted by molar-refractivity contribution is 7.89. The van der Waals surface area contributed by atoms with Gasteiger partial charge in [-0.15, -0.1) is 0 Å². The average molecular weight is 328 g/mol. The average Bonchev–Trinajstić information content (AvgIpc) is 2.83. The maximum absolute atomic E-state index is 12.5. The molecular formula is C14H24N4O3S. The lowest BCUT2D eigenvalue weighted by Gasteiger charge is -2.31. The van der Waals surface area contributed by atoms with Gasteiger partial charge in [-0.25, -0.2) is 13.6 Å². The minimum Gasteiger partial charge on any atom is -0.337 e. The summed E-state index contributed by atoms with van der Waals surface area (Å²) in [7, 11) is -3.51. The molecule has 0 radical (unpaired) electrons. The van der Waals surface area contributed by atoms with Crippen LogP contribution < -0.4 is 5.14 Å². The van der Waals surface area contributed by atoms with Crippen molar-refractivity contribution in [3.05, 3.63) is 17.5 Å². The molecule has 1 aromatic heterocycles. The van der Waals surface area contributed by atoms with E-state index in [1.807, 2.05) is 0 Å². The van der Waals surface area contributed by atoms with E-state index < -0.39 is 10.0 Å². The van der Waals surface area contributed by atoms with E-state index in [0.717, 1.165) is 25.0 Å². The number of hydrogen-bond donors (Lipinski definition) is 2. The summed E-state index contributed by atoms with van der Waals surface area (Å²) in [5.41, 5.74) is 1.34. The van der Waals surface area contributed by atoms with Crippen molar-refractivity contribution < 1.29 is 13.2 Å². The van der Waals surface area contributed by atoms with Crippen molar-refractivity contribution in [3.8, 4) is 0 Å². The van der Waals surface area contributed by atoms with Gasteiger partial charge in [0.05, 0.1) is 5.75 Å². The van der Waals surface area contributed by atoms with Crippen LogP contribution >= 0.6 is 0 Å². The Labute approximate surface area is 131 Å². The largest absolute Gasteiger partial charge is 0.337 e. The first kappa shape index (κ1) is 17.0. The first-order chi connectivity index (χ1) is 10.2. The Balaban J connectivity index is 2.01. The Morgan fingerprint density at radius 2 is 2.27 bits per heavy atom. The number of aromatic amines is 1. The molecule has 0 aliphatic carbocycles. The molecule has 1 amide bonds. The van der Waals surface area contributed by atoms with Gasteiger partial charge < -0.3 is 4.90 Å². The van der Waals surface area contributed by atoms with Crippen LogP contribution in [-0.4, -0.2) is 48.3 Å². The number of amides is 1. The Kier molecular flexibility index (Phi) is 5.23. The van der Waals surface area contributed by atoms with Crippen LogP contribution in [0.1, 0.15) is 42.9 Å². The molecule has 0 bridgehead atoms. The Bertz CT molecular complexity index is 624. The highest BCUT2D eigenvalue weighted by atomic mass is 32.2. The first-order valence-electron chi connectivity index (χ1n) is 7.58. The fourth-order valence-electron chi connectivity index (χ4n) is 2.89. The summed E-state index contributed by atoms with van der Waals surface area (Å²) in [6.45, 7) is 5.25. The fraction of sp³-hybridized carbons (Fsp3) is 0.714. The second-order valence-electron chi connectivity index (χ2n) is 6.47. The lowest BCUT2D eigenvalue weighted by Crippen LogP contribution is -2.42. The van der Waals surface area contributed by atoms with Crippen molar-refractivity contribution in [1.82, 2.24) is 15.1 Å². The highest BCUT2D eigenvalue weighted by Crippen LogP contribution is 2.19. The van der Waals surface area contributed by atoms with Crippen LogP contribution in [-0.2, 0) is 16.4 Å². The van der Waals surface area contributed by atoms with Crippen LogP contribution in [0.3, 0.4) is 0 Å². The zero-order chi connectivity index (χ0) is 16.3. The lowest BCUT2D eigenvalue weighted by molar-refractivity contribution is 0.0678. The maximum Gasteiger partial charge on any atom is 0.274 e. The number of piperidine rings is 1. The third kappa shape index (κ3) is 4.81. The fourth-order valence-corrected chi connectivity index (χ4v) is 3.82. The highest BCUT2D eigenvalue weighted by Gasteiger charge is 2.28. The quantitative estimate of drug-likeness (QED) is 0.831. The lowest BCUT2D eigenvalue weighted by atomic mass is 10.00. The number of carbonyl (C=O) groups is 1. The molecule has 1 aliphatic heterocycles. The standard InChI is InChI=1S/C14H24N4O3S/c1-10(2)6-12-7-13(17-16-12)14(19)18-5-3-4-11(8-18)9-22(15,20)21/h7,10-11H,3-6,8-9H2,1-2H3,(H,16,17)(H2,15,20,21). The van der Waals surface area contributed by atoms with Crippen LogP contribution in [0.5, 0.6) is 0 Å². The second kappa shape index (κ2) is 6.78. The van der Waals surface area contributed by atoms with Gasteiger partial charge in [-0.2, -0.15) is 5.10 Å². The molecule has 0 spiro atoms. The van der Waals surface area contributed by atoms with Crippen molar-refractivity contribution in [2.45, 2.75) is 33.1 Å². The number of aromatic nitrogens is 2. The van der Waals surface area contributed by atoms with Crippen molar-refractivity contribution >= 4 is 15.9 Å². The number of H-pyrrole nitrogens is 1. The molecule has 1 atom stereocenters. The molecule has 1 aliphatic rings. The van der Waals surface area contributed by atoms with Gasteiger partial charge in [0.1, 0.15) is 5.69 Å².